The molecule has 1 aromatic heterocycles. The normalized spacial score (nSPS) is 14.9. The zero-order valence-corrected chi connectivity index (χ0v) is 29.0. The third kappa shape index (κ3) is 4.41. The van der Waals surface area contributed by atoms with E-state index in [0.29, 0.717) is 0 Å². The minimum Gasteiger partial charge on any atom is -0.248 e. The molecule has 0 aliphatic heterocycles. The van der Waals surface area contributed by atoms with E-state index in [-0.39, 0.29) is 0 Å². The molecule has 1 spiro atoms. The van der Waals surface area contributed by atoms with E-state index in [4.69, 9.17) is 4.98 Å². The molecule has 8 aromatic carbocycles. The summed E-state index contributed by atoms with van der Waals surface area (Å²) in [6.07, 6.45) is 0. The van der Waals surface area contributed by atoms with Gasteiger partial charge in [0.1, 0.15) is 0 Å². The molecule has 2 aliphatic carbocycles. The standard InChI is InChI=1S/C52H33N/c1-3-14-37(15-4-1)49-32-40(33-50(53-49)38-16-5-2-6-17-38)35-25-23-34(24-26-35)39-27-29-43-42-19-9-11-21-45(42)52(48(43)31-39)46-22-12-10-20-44(46)51-41-18-8-7-13-36(41)28-30-47(51)52/h1-33H. The molecule has 1 nitrogen and oxygen atoms in total. The molecular weight excluding hydrogens is 639 g/mol. The molecule has 1 atom stereocenters. The lowest BCUT2D eigenvalue weighted by Crippen LogP contribution is -2.25. The first-order chi connectivity index (χ1) is 26.3. The molecule has 0 amide bonds. The molecule has 0 fully saturated rings. The van der Waals surface area contributed by atoms with Crippen LogP contribution in [0.3, 0.4) is 0 Å². The molecule has 53 heavy (non-hydrogen) atoms. The summed E-state index contributed by atoms with van der Waals surface area (Å²) in [6.45, 7) is 0. The van der Waals surface area contributed by atoms with Gasteiger partial charge >= 0.3 is 0 Å². The first-order valence-electron chi connectivity index (χ1n) is 18.4. The van der Waals surface area contributed by atoms with Crippen molar-refractivity contribution >= 4 is 10.8 Å². The van der Waals surface area contributed by atoms with Crippen molar-refractivity contribution < 1.29 is 0 Å². The lowest BCUT2D eigenvalue weighted by Gasteiger charge is -2.31. The highest BCUT2D eigenvalue weighted by Gasteiger charge is 2.52. The van der Waals surface area contributed by atoms with Crippen LogP contribution < -0.4 is 0 Å². The predicted octanol–water partition coefficient (Wildman–Crippen LogP) is 13.2. The number of aromatic nitrogens is 1. The van der Waals surface area contributed by atoms with E-state index in [0.717, 1.165) is 28.1 Å². The number of benzene rings is 8. The SMILES string of the molecule is c1ccc(-c2cc(-c3ccc(-c4ccc5c(c4)C4(c6ccccc6-5)c5ccccc5-c5c4ccc4ccccc54)cc3)cc(-c3ccccc3)n2)cc1. The molecule has 0 radical (unpaired) electrons. The van der Waals surface area contributed by atoms with E-state index >= 15 is 0 Å². The van der Waals surface area contributed by atoms with Gasteiger partial charge in [-0.3, -0.25) is 0 Å². The van der Waals surface area contributed by atoms with Crippen LogP contribution >= 0.6 is 0 Å². The molecule has 0 saturated heterocycles. The molecule has 2 aliphatic rings. The summed E-state index contributed by atoms with van der Waals surface area (Å²) in [5.74, 6) is 0. The highest BCUT2D eigenvalue weighted by atomic mass is 14.7. The summed E-state index contributed by atoms with van der Waals surface area (Å²) in [7, 11) is 0. The Balaban J connectivity index is 1.06. The molecule has 0 saturated carbocycles. The molecule has 11 rings (SSSR count). The molecule has 1 heteroatoms. The van der Waals surface area contributed by atoms with Crippen molar-refractivity contribution in [3.8, 4) is 67.0 Å². The number of fused-ring (bicyclic) bond motifs is 12. The van der Waals surface area contributed by atoms with Crippen molar-refractivity contribution in [2.75, 3.05) is 0 Å². The monoisotopic (exact) mass is 671 g/mol. The fourth-order valence-corrected chi connectivity index (χ4v) is 9.15. The molecular formula is C52H33N. The Labute approximate surface area is 309 Å². The van der Waals surface area contributed by atoms with Gasteiger partial charge in [-0.25, -0.2) is 4.98 Å². The Morgan fingerprint density at radius 3 is 1.53 bits per heavy atom. The van der Waals surface area contributed by atoms with E-state index < -0.39 is 5.41 Å². The fourth-order valence-electron chi connectivity index (χ4n) is 9.15. The first-order valence-corrected chi connectivity index (χ1v) is 18.4. The Kier molecular flexibility index (Phi) is 6.53. The summed E-state index contributed by atoms with van der Waals surface area (Å²) in [5.41, 5.74) is 19.3. The summed E-state index contributed by atoms with van der Waals surface area (Å²) < 4.78 is 0. The third-order valence-electron chi connectivity index (χ3n) is 11.5. The zero-order valence-electron chi connectivity index (χ0n) is 29.0. The van der Waals surface area contributed by atoms with Gasteiger partial charge in [0.2, 0.25) is 0 Å². The maximum Gasteiger partial charge on any atom is 0.0725 e. The van der Waals surface area contributed by atoms with Crippen molar-refractivity contribution in [3.63, 3.8) is 0 Å². The van der Waals surface area contributed by atoms with Crippen molar-refractivity contribution in [2.45, 2.75) is 5.41 Å². The minimum absolute atomic E-state index is 0.392. The predicted molar refractivity (Wildman–Crippen MR) is 220 cm³/mol. The van der Waals surface area contributed by atoms with Crippen LogP contribution in [-0.4, -0.2) is 4.98 Å². The third-order valence-corrected chi connectivity index (χ3v) is 11.5. The van der Waals surface area contributed by atoms with Gasteiger partial charge in [0, 0.05) is 11.1 Å². The number of nitrogens with zero attached hydrogens (tertiary/aromatic N) is 1. The minimum atomic E-state index is -0.392. The van der Waals surface area contributed by atoms with Gasteiger partial charge in [0.25, 0.3) is 0 Å². The highest BCUT2D eigenvalue weighted by molar-refractivity contribution is 6.06. The van der Waals surface area contributed by atoms with Crippen LogP contribution in [0.25, 0.3) is 77.8 Å². The summed E-state index contributed by atoms with van der Waals surface area (Å²) in [4.78, 5) is 5.10. The second-order valence-corrected chi connectivity index (χ2v) is 14.2. The van der Waals surface area contributed by atoms with E-state index in [1.165, 1.54) is 72.0 Å². The van der Waals surface area contributed by atoms with Crippen molar-refractivity contribution in [2.24, 2.45) is 0 Å². The maximum absolute atomic E-state index is 5.10. The lowest BCUT2D eigenvalue weighted by atomic mass is 9.70. The Morgan fingerprint density at radius 1 is 0.302 bits per heavy atom. The largest absolute Gasteiger partial charge is 0.248 e. The highest BCUT2D eigenvalue weighted by Crippen LogP contribution is 2.64. The fraction of sp³-hybridized carbons (Fsp3) is 0.0192. The number of hydrogen-bond donors (Lipinski definition) is 0. The van der Waals surface area contributed by atoms with Gasteiger partial charge < -0.3 is 0 Å². The first kappa shape index (κ1) is 29.9. The Bertz CT molecular complexity index is 2810. The molecule has 9 aromatic rings. The average Bonchev–Trinajstić information content (AvgIpc) is 3.71. The number of pyridine rings is 1. The van der Waals surface area contributed by atoms with Crippen LogP contribution in [0.5, 0.6) is 0 Å². The molecule has 1 unspecified atom stereocenters. The van der Waals surface area contributed by atoms with E-state index in [1.807, 2.05) is 0 Å². The summed E-state index contributed by atoms with van der Waals surface area (Å²) in [5, 5.41) is 2.59. The number of hydrogen-bond acceptors (Lipinski definition) is 1. The Hall–Kier alpha value is -6.83. The van der Waals surface area contributed by atoms with Crippen LogP contribution in [0.1, 0.15) is 22.3 Å². The van der Waals surface area contributed by atoms with E-state index in [1.54, 1.807) is 0 Å². The molecule has 246 valence electrons. The number of rotatable bonds is 4. The van der Waals surface area contributed by atoms with Gasteiger partial charge in [-0.05, 0) is 95.7 Å². The zero-order chi connectivity index (χ0) is 34.9. The second-order valence-electron chi connectivity index (χ2n) is 14.2. The van der Waals surface area contributed by atoms with Crippen LogP contribution in [0.2, 0.25) is 0 Å². The second kappa shape index (κ2) is 11.6. The summed E-state index contributed by atoms with van der Waals surface area (Å²) in [6, 6.07) is 73.3. The quantitative estimate of drug-likeness (QED) is 0.181. The van der Waals surface area contributed by atoms with Gasteiger partial charge in [0.15, 0.2) is 0 Å². The van der Waals surface area contributed by atoms with Gasteiger partial charge in [0.05, 0.1) is 16.8 Å². The van der Waals surface area contributed by atoms with E-state index in [2.05, 4.69) is 200 Å². The van der Waals surface area contributed by atoms with Gasteiger partial charge in [-0.1, -0.05) is 182 Å². The van der Waals surface area contributed by atoms with Crippen LogP contribution in [0, 0.1) is 0 Å². The van der Waals surface area contributed by atoms with Crippen molar-refractivity contribution in [1.82, 2.24) is 4.98 Å². The topological polar surface area (TPSA) is 12.9 Å². The van der Waals surface area contributed by atoms with E-state index in [9.17, 15) is 0 Å². The van der Waals surface area contributed by atoms with Crippen LogP contribution in [0.4, 0.5) is 0 Å². The van der Waals surface area contributed by atoms with Gasteiger partial charge in [-0.2, -0.15) is 0 Å². The van der Waals surface area contributed by atoms with Crippen molar-refractivity contribution in [3.05, 3.63) is 222 Å². The van der Waals surface area contributed by atoms with Crippen LogP contribution in [-0.2, 0) is 5.41 Å². The molecule has 1 heterocycles. The lowest BCUT2D eigenvalue weighted by molar-refractivity contribution is 0.795. The maximum atomic E-state index is 5.10. The van der Waals surface area contributed by atoms with Gasteiger partial charge in [-0.15, -0.1) is 0 Å². The molecule has 0 N–H and O–H groups in total. The van der Waals surface area contributed by atoms with Crippen molar-refractivity contribution in [1.29, 1.82) is 0 Å². The Morgan fingerprint density at radius 2 is 0.830 bits per heavy atom. The summed E-state index contributed by atoms with van der Waals surface area (Å²) >= 11 is 0. The average molecular weight is 672 g/mol. The smallest absolute Gasteiger partial charge is 0.0725 e. The molecule has 0 bridgehead atoms. The van der Waals surface area contributed by atoms with Crippen LogP contribution in [0.15, 0.2) is 200 Å².